The van der Waals surface area contributed by atoms with Crippen molar-refractivity contribution >= 4 is 68.4 Å². The quantitative estimate of drug-likeness (QED) is 0.138. The number of para-hydroxylation sites is 2. The maximum absolute atomic E-state index is 14.2. The van der Waals surface area contributed by atoms with E-state index < -0.39 is 6.04 Å². The summed E-state index contributed by atoms with van der Waals surface area (Å²) >= 11 is 17.9. The van der Waals surface area contributed by atoms with Crippen molar-refractivity contribution < 1.29 is 14.3 Å². The number of hydrogen-bond acceptors (Lipinski definition) is 7. The van der Waals surface area contributed by atoms with Crippen molar-refractivity contribution in [1.29, 1.82) is 0 Å². The van der Waals surface area contributed by atoms with E-state index in [1.165, 1.54) is 11.8 Å². The lowest BCUT2D eigenvalue weighted by atomic mass is 9.94. The second-order valence-electron chi connectivity index (χ2n) is 10.3. The van der Waals surface area contributed by atoms with E-state index in [9.17, 15) is 4.79 Å². The lowest BCUT2D eigenvalue weighted by Crippen LogP contribution is -2.32. The van der Waals surface area contributed by atoms with Crippen molar-refractivity contribution in [2.45, 2.75) is 30.5 Å². The number of thioether (sulfide) groups is 1. The fourth-order valence-electron chi connectivity index (χ4n) is 5.10. The molecule has 1 atom stereocenters. The van der Waals surface area contributed by atoms with Gasteiger partial charge in [-0.05, 0) is 55.0 Å². The summed E-state index contributed by atoms with van der Waals surface area (Å²) in [5.41, 5.74) is 4.12. The molecule has 234 valence electrons. The summed E-state index contributed by atoms with van der Waals surface area (Å²) in [5.74, 6) is 1.85. The number of methoxy groups -OCH3 is 1. The molecule has 2 heterocycles. The van der Waals surface area contributed by atoms with Crippen LogP contribution in [0.3, 0.4) is 0 Å². The average molecular weight is 738 g/mol. The van der Waals surface area contributed by atoms with Crippen LogP contribution in [0.25, 0.3) is 0 Å². The molecule has 8 nitrogen and oxygen atoms in total. The minimum atomic E-state index is -0.702. The Kier molecular flexibility index (Phi) is 9.89. The highest BCUT2D eigenvalue weighted by Crippen LogP contribution is 2.42. The number of hydrogen-bond donors (Lipinski definition) is 2. The van der Waals surface area contributed by atoms with Crippen molar-refractivity contribution in [3.05, 3.63) is 133 Å². The molecule has 1 aliphatic heterocycles. The van der Waals surface area contributed by atoms with Crippen LogP contribution in [0.15, 0.2) is 112 Å². The van der Waals surface area contributed by atoms with E-state index in [1.54, 1.807) is 23.9 Å². The second kappa shape index (κ2) is 14.2. The molecule has 0 spiro atoms. The third-order valence-corrected chi connectivity index (χ3v) is 9.47. The van der Waals surface area contributed by atoms with Gasteiger partial charge in [-0.2, -0.15) is 4.98 Å². The van der Waals surface area contributed by atoms with E-state index in [-0.39, 0.29) is 12.5 Å². The van der Waals surface area contributed by atoms with Crippen LogP contribution in [0.4, 0.5) is 11.6 Å². The van der Waals surface area contributed by atoms with Crippen LogP contribution in [0.2, 0.25) is 10.0 Å². The molecular formula is C34H28BrCl2N5O3S. The molecule has 4 aromatic carbocycles. The number of nitrogens with one attached hydrogen (secondary N) is 2. The number of halogens is 3. The van der Waals surface area contributed by atoms with E-state index >= 15 is 0 Å². The summed E-state index contributed by atoms with van der Waals surface area (Å²) in [4.78, 5) is 19.0. The van der Waals surface area contributed by atoms with Crippen LogP contribution in [0, 0.1) is 0 Å². The fourth-order valence-corrected chi connectivity index (χ4v) is 6.79. The van der Waals surface area contributed by atoms with Gasteiger partial charge in [-0.25, -0.2) is 4.68 Å². The van der Waals surface area contributed by atoms with Crippen LogP contribution in [-0.4, -0.2) is 27.8 Å². The Bertz CT molecular complexity index is 1950. The third kappa shape index (κ3) is 6.90. The molecule has 1 aliphatic rings. The SMILES string of the molecule is COc1ccccc1NC(=O)C1=C(C)Nc2nc(SCc3ccccc3Cl)nn2C1c1cc(Br)ccc1OCc1ccccc1Cl. The zero-order chi connectivity index (χ0) is 32.2. The van der Waals surface area contributed by atoms with Gasteiger partial charge in [0.1, 0.15) is 24.1 Å². The average Bonchev–Trinajstić information content (AvgIpc) is 3.46. The summed E-state index contributed by atoms with van der Waals surface area (Å²) < 4.78 is 14.4. The molecule has 0 bridgehead atoms. The van der Waals surface area contributed by atoms with E-state index in [4.69, 9.17) is 42.8 Å². The van der Waals surface area contributed by atoms with E-state index in [2.05, 4.69) is 26.6 Å². The Morgan fingerprint density at radius 3 is 2.41 bits per heavy atom. The van der Waals surface area contributed by atoms with Crippen molar-refractivity contribution in [1.82, 2.24) is 14.8 Å². The normalized spacial score (nSPS) is 14.0. The van der Waals surface area contributed by atoms with Crippen LogP contribution < -0.4 is 20.1 Å². The molecule has 12 heteroatoms. The van der Waals surface area contributed by atoms with E-state index in [0.29, 0.717) is 60.9 Å². The number of carbonyl (C=O) groups is 1. The van der Waals surface area contributed by atoms with Gasteiger partial charge in [0.25, 0.3) is 5.91 Å². The zero-order valence-corrected chi connectivity index (χ0v) is 28.7. The number of aromatic nitrogens is 3. The maximum Gasteiger partial charge on any atom is 0.255 e. The molecule has 0 aliphatic carbocycles. The van der Waals surface area contributed by atoms with Crippen molar-refractivity contribution in [3.8, 4) is 11.5 Å². The van der Waals surface area contributed by atoms with Gasteiger partial charge in [-0.3, -0.25) is 4.79 Å². The number of carbonyl (C=O) groups excluding carboxylic acids is 1. The summed E-state index contributed by atoms with van der Waals surface area (Å²) in [6.45, 7) is 2.08. The predicted octanol–water partition coefficient (Wildman–Crippen LogP) is 9.15. The molecule has 1 aromatic heterocycles. The second-order valence-corrected chi connectivity index (χ2v) is 13.0. The maximum atomic E-state index is 14.2. The van der Waals surface area contributed by atoms with Gasteiger partial charge in [0, 0.05) is 37.1 Å². The molecule has 0 radical (unpaired) electrons. The molecule has 0 fully saturated rings. The highest BCUT2D eigenvalue weighted by atomic mass is 79.9. The van der Waals surface area contributed by atoms with Gasteiger partial charge in [-0.1, -0.05) is 99.4 Å². The van der Waals surface area contributed by atoms with E-state index in [1.807, 2.05) is 85.8 Å². The molecule has 46 heavy (non-hydrogen) atoms. The van der Waals surface area contributed by atoms with Gasteiger partial charge in [0.2, 0.25) is 11.1 Å². The van der Waals surface area contributed by atoms with Crippen LogP contribution in [0.5, 0.6) is 11.5 Å². The lowest BCUT2D eigenvalue weighted by molar-refractivity contribution is -0.113. The lowest BCUT2D eigenvalue weighted by Gasteiger charge is -2.30. The predicted molar refractivity (Wildman–Crippen MR) is 187 cm³/mol. The number of nitrogens with zero attached hydrogens (tertiary/aromatic N) is 3. The topological polar surface area (TPSA) is 90.3 Å². The number of fused-ring (bicyclic) bond motifs is 1. The smallest absolute Gasteiger partial charge is 0.255 e. The number of amides is 1. The number of rotatable bonds is 10. The first kappa shape index (κ1) is 32.0. The van der Waals surface area contributed by atoms with Crippen molar-refractivity contribution in [2.75, 3.05) is 17.7 Å². The van der Waals surface area contributed by atoms with Crippen LogP contribution in [-0.2, 0) is 17.2 Å². The summed E-state index contributed by atoms with van der Waals surface area (Å²) in [6.07, 6.45) is 0. The van der Waals surface area contributed by atoms with Gasteiger partial charge in [0.15, 0.2) is 0 Å². The molecular weight excluding hydrogens is 709 g/mol. The van der Waals surface area contributed by atoms with E-state index in [0.717, 1.165) is 15.6 Å². The summed E-state index contributed by atoms with van der Waals surface area (Å²) in [5, 5.41) is 13.0. The Balaban J connectivity index is 1.41. The molecule has 1 unspecified atom stereocenters. The van der Waals surface area contributed by atoms with Crippen molar-refractivity contribution in [2.24, 2.45) is 0 Å². The van der Waals surface area contributed by atoms with Gasteiger partial charge in [-0.15, -0.1) is 5.10 Å². The Labute approximate surface area is 289 Å². The first-order valence-electron chi connectivity index (χ1n) is 14.2. The largest absolute Gasteiger partial charge is 0.495 e. The molecule has 1 amide bonds. The minimum absolute atomic E-state index is 0.230. The van der Waals surface area contributed by atoms with Gasteiger partial charge in [0.05, 0.1) is 18.4 Å². The van der Waals surface area contributed by atoms with Crippen LogP contribution >= 0.6 is 50.9 Å². The molecule has 6 rings (SSSR count). The first-order chi connectivity index (χ1) is 22.3. The van der Waals surface area contributed by atoms with Gasteiger partial charge < -0.3 is 20.1 Å². The highest BCUT2D eigenvalue weighted by molar-refractivity contribution is 9.10. The monoisotopic (exact) mass is 735 g/mol. The first-order valence-corrected chi connectivity index (χ1v) is 16.8. The number of anilines is 2. The molecule has 2 N–H and O–H groups in total. The standard InChI is InChI=1S/C34H28BrCl2N5O3S/c1-20-30(32(43)39-27-13-7-8-14-29(27)44-2)31(24-17-23(35)15-16-28(24)45-18-21-9-3-5-11-25(21)36)42-33(38-20)40-34(41-42)46-19-22-10-4-6-12-26(22)37/h3-17,31H,18-19H2,1-2H3,(H,39,43)(H,38,40,41). The summed E-state index contributed by atoms with van der Waals surface area (Å²) in [7, 11) is 1.56. The molecule has 5 aromatic rings. The number of allylic oxidation sites excluding steroid dienone is 1. The zero-order valence-electron chi connectivity index (χ0n) is 24.8. The molecule has 0 saturated carbocycles. The Hall–Kier alpha value is -3.96. The fraction of sp³-hybridized carbons (Fsp3) is 0.147. The Morgan fingerprint density at radius 1 is 0.978 bits per heavy atom. The minimum Gasteiger partial charge on any atom is -0.495 e. The Morgan fingerprint density at radius 2 is 1.67 bits per heavy atom. The van der Waals surface area contributed by atoms with Crippen LogP contribution in [0.1, 0.15) is 29.7 Å². The number of benzene rings is 4. The van der Waals surface area contributed by atoms with Gasteiger partial charge >= 0.3 is 0 Å². The number of ether oxygens (including phenoxy) is 2. The summed E-state index contributed by atoms with van der Waals surface area (Å²) in [6, 6.07) is 27.5. The van der Waals surface area contributed by atoms with Crippen molar-refractivity contribution in [3.63, 3.8) is 0 Å². The third-order valence-electron chi connectivity index (χ3n) is 7.35. The molecule has 0 saturated heterocycles. The highest BCUT2D eigenvalue weighted by Gasteiger charge is 2.36.